The zero-order valence-electron chi connectivity index (χ0n) is 7.00. The minimum atomic E-state index is -0.239. The van der Waals surface area contributed by atoms with E-state index in [2.05, 4.69) is 21.2 Å². The van der Waals surface area contributed by atoms with Crippen LogP contribution in [-0.4, -0.2) is 10.6 Å². The van der Waals surface area contributed by atoms with Gasteiger partial charge in [-0.05, 0) is 28.1 Å². The van der Waals surface area contributed by atoms with Crippen LogP contribution < -0.4 is 5.32 Å². The molecule has 0 spiro atoms. The summed E-state index contributed by atoms with van der Waals surface area (Å²) in [5, 5.41) is 2.56. The van der Waals surface area contributed by atoms with Crippen LogP contribution in [0.3, 0.4) is 0 Å². The van der Waals surface area contributed by atoms with E-state index in [0.29, 0.717) is 11.3 Å². The standard InChI is InChI=1S/C9H8BrNO2/c1-6(12)11-8-5-3-2-4-7(8)9(10)13/h2-5H,1H3,(H,11,12). The second-order valence-electron chi connectivity index (χ2n) is 2.50. The van der Waals surface area contributed by atoms with Gasteiger partial charge in [0.05, 0.1) is 11.3 Å². The van der Waals surface area contributed by atoms with Crippen LogP contribution in [0.1, 0.15) is 17.3 Å². The van der Waals surface area contributed by atoms with Crippen molar-refractivity contribution in [3.8, 4) is 0 Å². The maximum absolute atomic E-state index is 11.0. The minimum Gasteiger partial charge on any atom is -0.326 e. The Morgan fingerprint density at radius 3 is 2.46 bits per heavy atom. The molecule has 0 atom stereocenters. The Morgan fingerprint density at radius 1 is 1.31 bits per heavy atom. The van der Waals surface area contributed by atoms with Gasteiger partial charge in [-0.3, -0.25) is 9.59 Å². The summed E-state index contributed by atoms with van der Waals surface area (Å²) in [7, 11) is 0. The SMILES string of the molecule is CC(=O)Nc1ccccc1C(=O)Br. The lowest BCUT2D eigenvalue weighted by Crippen LogP contribution is -2.08. The van der Waals surface area contributed by atoms with E-state index in [1.807, 2.05) is 0 Å². The maximum atomic E-state index is 11.0. The topological polar surface area (TPSA) is 46.2 Å². The highest BCUT2D eigenvalue weighted by Crippen LogP contribution is 2.17. The van der Waals surface area contributed by atoms with Crippen LogP contribution in [0.5, 0.6) is 0 Å². The molecule has 0 saturated heterocycles. The van der Waals surface area contributed by atoms with Crippen molar-refractivity contribution in [2.75, 3.05) is 5.32 Å². The van der Waals surface area contributed by atoms with Crippen LogP contribution in [0, 0.1) is 0 Å². The molecule has 0 aliphatic carbocycles. The molecule has 1 rings (SSSR count). The maximum Gasteiger partial charge on any atom is 0.230 e. The summed E-state index contributed by atoms with van der Waals surface area (Å²) in [5.74, 6) is -0.193. The molecule has 0 heterocycles. The Hall–Kier alpha value is -1.16. The first-order chi connectivity index (χ1) is 6.11. The van der Waals surface area contributed by atoms with Crippen LogP contribution in [-0.2, 0) is 4.79 Å². The summed E-state index contributed by atoms with van der Waals surface area (Å²) in [5.41, 5.74) is 0.981. The number of carbonyl (C=O) groups is 2. The molecule has 0 bridgehead atoms. The summed E-state index contributed by atoms with van der Waals surface area (Å²) in [6, 6.07) is 6.81. The third-order valence-corrected chi connectivity index (χ3v) is 1.88. The fraction of sp³-hybridized carbons (Fsp3) is 0.111. The number of carbonyl (C=O) groups excluding carboxylic acids is 2. The first-order valence-electron chi connectivity index (χ1n) is 3.67. The quantitative estimate of drug-likeness (QED) is 0.808. The van der Waals surface area contributed by atoms with E-state index in [0.717, 1.165) is 0 Å². The zero-order chi connectivity index (χ0) is 9.84. The van der Waals surface area contributed by atoms with Crippen molar-refractivity contribution < 1.29 is 9.59 Å². The Balaban J connectivity index is 3.04. The molecule has 4 heteroatoms. The molecule has 1 aromatic rings. The van der Waals surface area contributed by atoms with Gasteiger partial charge in [0.2, 0.25) is 10.6 Å². The van der Waals surface area contributed by atoms with E-state index >= 15 is 0 Å². The van der Waals surface area contributed by atoms with Crippen molar-refractivity contribution in [3.63, 3.8) is 0 Å². The predicted octanol–water partition coefficient (Wildman–Crippen LogP) is 2.18. The number of benzene rings is 1. The largest absolute Gasteiger partial charge is 0.326 e. The number of para-hydroxylation sites is 1. The van der Waals surface area contributed by atoms with Gasteiger partial charge < -0.3 is 5.32 Å². The van der Waals surface area contributed by atoms with Gasteiger partial charge in [-0.1, -0.05) is 12.1 Å². The summed E-state index contributed by atoms with van der Waals surface area (Å²) >= 11 is 2.83. The first-order valence-corrected chi connectivity index (χ1v) is 4.47. The summed E-state index contributed by atoms with van der Waals surface area (Å²) in [6.07, 6.45) is 0. The van der Waals surface area contributed by atoms with Gasteiger partial charge in [0.1, 0.15) is 0 Å². The summed E-state index contributed by atoms with van der Waals surface area (Å²) < 4.78 is -0.239. The van der Waals surface area contributed by atoms with Crippen molar-refractivity contribution in [3.05, 3.63) is 29.8 Å². The number of hydrogen-bond donors (Lipinski definition) is 1. The fourth-order valence-corrected chi connectivity index (χ4v) is 1.30. The average molecular weight is 242 g/mol. The minimum absolute atomic E-state index is 0.193. The average Bonchev–Trinajstić information content (AvgIpc) is 2.03. The molecule has 0 radical (unpaired) electrons. The number of nitrogens with one attached hydrogen (secondary N) is 1. The van der Waals surface area contributed by atoms with Gasteiger partial charge in [-0.15, -0.1) is 0 Å². The molecule has 0 unspecified atom stereocenters. The fourth-order valence-electron chi connectivity index (χ4n) is 0.953. The van der Waals surface area contributed by atoms with Crippen LogP contribution >= 0.6 is 15.9 Å². The Bertz CT molecular complexity index is 349. The van der Waals surface area contributed by atoms with Gasteiger partial charge >= 0.3 is 0 Å². The normalized spacial score (nSPS) is 9.38. The van der Waals surface area contributed by atoms with Crippen molar-refractivity contribution in [1.82, 2.24) is 0 Å². The van der Waals surface area contributed by atoms with Gasteiger partial charge in [0.25, 0.3) is 0 Å². The zero-order valence-corrected chi connectivity index (χ0v) is 8.59. The lowest BCUT2D eigenvalue weighted by molar-refractivity contribution is -0.114. The summed E-state index contributed by atoms with van der Waals surface area (Å²) in [6.45, 7) is 1.40. The van der Waals surface area contributed by atoms with E-state index in [4.69, 9.17) is 0 Å². The van der Waals surface area contributed by atoms with Gasteiger partial charge in [-0.2, -0.15) is 0 Å². The molecule has 1 aromatic carbocycles. The van der Waals surface area contributed by atoms with Gasteiger partial charge in [0, 0.05) is 6.92 Å². The van der Waals surface area contributed by atoms with E-state index in [1.165, 1.54) is 6.92 Å². The number of halogens is 1. The molecule has 0 aliphatic heterocycles. The van der Waals surface area contributed by atoms with Crippen molar-refractivity contribution in [1.29, 1.82) is 0 Å². The van der Waals surface area contributed by atoms with Crippen LogP contribution in [0.2, 0.25) is 0 Å². The second-order valence-corrected chi connectivity index (χ2v) is 3.22. The van der Waals surface area contributed by atoms with Crippen molar-refractivity contribution in [2.45, 2.75) is 6.92 Å². The van der Waals surface area contributed by atoms with Crippen molar-refractivity contribution in [2.24, 2.45) is 0 Å². The molecule has 0 saturated carbocycles. The third-order valence-electron chi connectivity index (χ3n) is 1.45. The molecule has 13 heavy (non-hydrogen) atoms. The smallest absolute Gasteiger partial charge is 0.230 e. The molecule has 68 valence electrons. The monoisotopic (exact) mass is 241 g/mol. The molecule has 0 aromatic heterocycles. The molecular weight excluding hydrogens is 234 g/mol. The molecular formula is C9H8BrNO2. The van der Waals surface area contributed by atoms with E-state index < -0.39 is 0 Å². The number of hydrogen-bond acceptors (Lipinski definition) is 2. The van der Waals surface area contributed by atoms with E-state index in [-0.39, 0.29) is 10.6 Å². The van der Waals surface area contributed by atoms with Gasteiger partial charge in [-0.25, -0.2) is 0 Å². The lowest BCUT2D eigenvalue weighted by Gasteiger charge is -2.05. The number of amides is 1. The second kappa shape index (κ2) is 4.18. The molecule has 1 N–H and O–H groups in total. The Labute approximate surface area is 84.3 Å². The van der Waals surface area contributed by atoms with E-state index in [1.54, 1.807) is 24.3 Å². The first kappa shape index (κ1) is 9.92. The predicted molar refractivity (Wildman–Crippen MR) is 54.0 cm³/mol. The summed E-state index contributed by atoms with van der Waals surface area (Å²) in [4.78, 5) is 21.8. The highest BCUT2D eigenvalue weighted by molar-refractivity contribution is 9.18. The molecule has 0 aliphatic rings. The van der Waals surface area contributed by atoms with Crippen LogP contribution in [0.25, 0.3) is 0 Å². The Morgan fingerprint density at radius 2 is 1.92 bits per heavy atom. The van der Waals surface area contributed by atoms with Gasteiger partial charge in [0.15, 0.2) is 0 Å². The molecule has 0 fully saturated rings. The van der Waals surface area contributed by atoms with Crippen molar-refractivity contribution >= 4 is 32.2 Å². The van der Waals surface area contributed by atoms with Crippen LogP contribution in [0.15, 0.2) is 24.3 Å². The van der Waals surface area contributed by atoms with Crippen LogP contribution in [0.4, 0.5) is 5.69 Å². The number of rotatable bonds is 2. The van der Waals surface area contributed by atoms with E-state index in [9.17, 15) is 9.59 Å². The lowest BCUT2D eigenvalue weighted by atomic mass is 10.2. The number of anilines is 1. The highest BCUT2D eigenvalue weighted by atomic mass is 79.9. The molecule has 3 nitrogen and oxygen atoms in total. The Kier molecular flexibility index (Phi) is 3.19. The highest BCUT2D eigenvalue weighted by Gasteiger charge is 2.07. The third kappa shape index (κ3) is 2.66. The molecule has 1 amide bonds.